The fraction of sp³-hybridized carbons (Fsp3) is 0.125. The molecule has 3 rings (SSSR count). The van der Waals surface area contributed by atoms with E-state index in [1.54, 1.807) is 18.2 Å². The van der Waals surface area contributed by atoms with Gasteiger partial charge in [0.1, 0.15) is 0 Å². The Kier molecular flexibility index (Phi) is 1.49. The number of nitrogens with zero attached hydrogens (tertiary/aromatic N) is 1. The summed E-state index contributed by atoms with van der Waals surface area (Å²) in [6.07, 6.45) is 0. The molecule has 2 aromatic rings. The van der Waals surface area contributed by atoms with Crippen molar-refractivity contribution in [2.75, 3.05) is 5.38 Å². The Hall–Kier alpha value is -0.953. The third-order valence-electron chi connectivity index (χ3n) is 2.32. The van der Waals surface area contributed by atoms with Crippen LogP contribution in [0.1, 0.15) is 0 Å². The molecule has 7 heteroatoms. The first kappa shape index (κ1) is 9.29. The minimum atomic E-state index is -6.51. The zero-order chi connectivity index (χ0) is 10.7. The van der Waals surface area contributed by atoms with Crippen LogP contribution in [0.5, 0.6) is 0 Å². The molecule has 0 amide bonds. The van der Waals surface area contributed by atoms with Crippen LogP contribution < -0.4 is 4.23 Å². The van der Waals surface area contributed by atoms with Crippen molar-refractivity contribution in [3.8, 4) is 0 Å². The number of fused-ring (bicyclic) bond motifs is 3. The van der Waals surface area contributed by atoms with Crippen LogP contribution in [0.2, 0.25) is 0 Å². The van der Waals surface area contributed by atoms with Gasteiger partial charge in [0.25, 0.3) is 0 Å². The number of oxazole rings is 1. The molecular formula is C8H6F3NOSSi. The van der Waals surface area contributed by atoms with Gasteiger partial charge >= 0.3 is 87.2 Å². The van der Waals surface area contributed by atoms with Gasteiger partial charge in [-0.2, -0.15) is 0 Å². The number of thioether (sulfide) groups is 1. The van der Waals surface area contributed by atoms with Gasteiger partial charge in [0.15, 0.2) is 0 Å². The summed E-state index contributed by atoms with van der Waals surface area (Å²) in [4.78, 5) is 0. The number of hydrogen-bond donors (Lipinski definition) is 0. The van der Waals surface area contributed by atoms with Crippen molar-refractivity contribution in [2.24, 2.45) is 0 Å². The monoisotopic (exact) mass is 249 g/mol. The van der Waals surface area contributed by atoms with Gasteiger partial charge in [-0.3, -0.25) is 0 Å². The molecule has 1 aromatic heterocycles. The Morgan fingerprint density at radius 1 is 1.27 bits per heavy atom. The van der Waals surface area contributed by atoms with Crippen LogP contribution in [0.4, 0.5) is 12.3 Å². The third-order valence-corrected chi connectivity index (χ3v) is 6.67. The van der Waals surface area contributed by atoms with Gasteiger partial charge in [-0.15, -0.1) is 0 Å². The van der Waals surface area contributed by atoms with Crippen LogP contribution in [-0.2, 0) is 0 Å². The van der Waals surface area contributed by atoms with Gasteiger partial charge in [0.2, 0.25) is 0 Å². The van der Waals surface area contributed by atoms with E-state index in [0.29, 0.717) is 9.82 Å². The van der Waals surface area contributed by atoms with Crippen LogP contribution in [0.15, 0.2) is 33.9 Å². The van der Waals surface area contributed by atoms with Crippen LogP contribution in [0, 0.1) is 0 Å². The van der Waals surface area contributed by atoms with Crippen LogP contribution in [-0.4, -0.2) is 13.9 Å². The molecular weight excluding hydrogens is 243 g/mol. The first-order valence-corrected chi connectivity index (χ1v) is 7.59. The van der Waals surface area contributed by atoms with Crippen LogP contribution >= 0.6 is 11.8 Å². The van der Waals surface area contributed by atoms with Crippen molar-refractivity contribution >= 4 is 31.4 Å². The zero-order valence-electron chi connectivity index (χ0n) is 7.41. The average Bonchev–Trinajstić information content (AvgIpc) is 2.63. The van der Waals surface area contributed by atoms with Crippen molar-refractivity contribution in [3.05, 3.63) is 24.3 Å². The Morgan fingerprint density at radius 3 is 2.80 bits per heavy atom. The Morgan fingerprint density at radius 2 is 2.00 bits per heavy atom. The predicted molar refractivity (Wildman–Crippen MR) is 51.6 cm³/mol. The number of benzene rings is 1. The van der Waals surface area contributed by atoms with Gasteiger partial charge in [-0.25, -0.2) is 0 Å². The second-order valence-electron chi connectivity index (χ2n) is 3.49. The molecule has 0 saturated heterocycles. The summed E-state index contributed by atoms with van der Waals surface area (Å²) < 4.78 is 46.3. The summed E-state index contributed by atoms with van der Waals surface area (Å²) in [5, 5.41) is -0.819. The molecule has 0 unspecified atom stereocenters. The quantitative estimate of drug-likeness (QED) is 0.527. The molecule has 0 fully saturated rings. The Balaban J connectivity index is 2.45. The van der Waals surface area contributed by atoms with Crippen molar-refractivity contribution in [3.63, 3.8) is 0 Å². The van der Waals surface area contributed by atoms with E-state index in [1.807, 2.05) is 0 Å². The molecule has 1 aliphatic rings. The van der Waals surface area contributed by atoms with E-state index in [9.17, 15) is 12.3 Å². The average molecular weight is 249 g/mol. The molecule has 80 valence electrons. The van der Waals surface area contributed by atoms with Crippen molar-refractivity contribution in [2.45, 2.75) is 5.22 Å². The number of hydrogen-bond acceptors (Lipinski definition) is 2. The molecule has 2 heterocycles. The predicted octanol–water partition coefficient (Wildman–Crippen LogP) is 2.51. The van der Waals surface area contributed by atoms with E-state index in [-0.39, 0.29) is 10.7 Å². The number of aromatic nitrogens is 1. The van der Waals surface area contributed by atoms with E-state index in [1.165, 1.54) is 6.07 Å². The van der Waals surface area contributed by atoms with E-state index >= 15 is 0 Å². The fourth-order valence-electron chi connectivity index (χ4n) is 1.69. The molecule has 15 heavy (non-hydrogen) atoms. The third kappa shape index (κ3) is 1.16. The standard InChI is InChI=1S/C8H6F3NOSSi/c9-15(10,11)5-14-8-12(15)6-3-1-2-4-7(6)13-8/h1-4H,5H2. The Bertz CT molecular complexity index is 562. The topological polar surface area (TPSA) is 17.0 Å². The maximum absolute atomic E-state index is 13.6. The normalized spacial score (nSPS) is 24.6. The molecule has 1 aliphatic heterocycles. The van der Waals surface area contributed by atoms with Gasteiger partial charge in [0.05, 0.1) is 0 Å². The van der Waals surface area contributed by atoms with Gasteiger partial charge in [-0.1, -0.05) is 0 Å². The summed E-state index contributed by atoms with van der Waals surface area (Å²) in [5.41, 5.74) is 0.436. The van der Waals surface area contributed by atoms with Crippen LogP contribution in [0.3, 0.4) is 0 Å². The van der Waals surface area contributed by atoms with E-state index < -0.39 is 13.9 Å². The molecule has 0 bridgehead atoms. The molecule has 0 aliphatic carbocycles. The minimum absolute atomic E-state index is 0.0305. The second-order valence-corrected chi connectivity index (χ2v) is 7.78. The molecule has 0 radical (unpaired) electrons. The van der Waals surface area contributed by atoms with Gasteiger partial charge in [-0.05, 0) is 0 Å². The van der Waals surface area contributed by atoms with Crippen molar-refractivity contribution in [1.29, 1.82) is 0 Å². The summed E-state index contributed by atoms with van der Waals surface area (Å²) in [5.74, 6) is 0. The van der Waals surface area contributed by atoms with Gasteiger partial charge in [0, 0.05) is 0 Å². The summed E-state index contributed by atoms with van der Waals surface area (Å²) in [6.45, 7) is 0. The molecule has 1 aromatic carbocycles. The first-order valence-electron chi connectivity index (χ1n) is 4.32. The number of para-hydroxylation sites is 2. The first-order chi connectivity index (χ1) is 6.96. The molecule has 0 saturated carbocycles. The number of halogens is 3. The fourth-order valence-corrected chi connectivity index (χ4v) is 5.70. The zero-order valence-corrected chi connectivity index (χ0v) is 9.23. The van der Waals surface area contributed by atoms with Crippen LogP contribution in [0.25, 0.3) is 11.1 Å². The molecule has 0 spiro atoms. The Labute approximate surface area is 87.7 Å². The van der Waals surface area contributed by atoms with Crippen molar-refractivity contribution < 1.29 is 21.0 Å². The van der Waals surface area contributed by atoms with E-state index in [4.69, 9.17) is 4.42 Å². The SMILES string of the molecule is F[Si-]1(F)(F)CSc2oc3ccccc3[n+]21. The molecule has 0 N–H and O–H groups in total. The van der Waals surface area contributed by atoms with Crippen molar-refractivity contribution in [1.82, 2.24) is 0 Å². The second kappa shape index (κ2) is 2.41. The maximum atomic E-state index is 13.6. The summed E-state index contributed by atoms with van der Waals surface area (Å²) in [7, 11) is -6.51. The molecule has 0 atom stereocenters. The summed E-state index contributed by atoms with van der Waals surface area (Å²) in [6, 6.07) is 6.25. The summed E-state index contributed by atoms with van der Waals surface area (Å²) >= 11 is 0.739. The van der Waals surface area contributed by atoms with E-state index in [0.717, 1.165) is 11.8 Å². The van der Waals surface area contributed by atoms with E-state index in [2.05, 4.69) is 0 Å². The molecule has 2 nitrogen and oxygen atoms in total. The van der Waals surface area contributed by atoms with Gasteiger partial charge < -0.3 is 0 Å². The number of rotatable bonds is 0.